The SMILES string of the molecule is CC(C)(C)Nc1nc(Nc2c(F)cc(F)cc2F)cc(-c2cccnc2)n1. The number of hydrogen-bond acceptors (Lipinski definition) is 5. The Hall–Kier alpha value is -3.16. The third kappa shape index (κ3) is 4.72. The Morgan fingerprint density at radius 2 is 1.67 bits per heavy atom. The Morgan fingerprint density at radius 1 is 0.963 bits per heavy atom. The van der Waals surface area contributed by atoms with Crippen LogP contribution in [-0.4, -0.2) is 20.5 Å². The first-order chi connectivity index (χ1) is 12.7. The van der Waals surface area contributed by atoms with Gasteiger partial charge in [-0.25, -0.2) is 18.2 Å². The molecule has 0 radical (unpaired) electrons. The first-order valence-corrected chi connectivity index (χ1v) is 8.20. The number of nitrogens with one attached hydrogen (secondary N) is 2. The second-order valence-corrected chi connectivity index (χ2v) is 6.95. The summed E-state index contributed by atoms with van der Waals surface area (Å²) in [5.74, 6) is -2.68. The lowest BCUT2D eigenvalue weighted by atomic mass is 10.1. The van der Waals surface area contributed by atoms with Gasteiger partial charge in [0.15, 0.2) is 11.6 Å². The van der Waals surface area contributed by atoms with Crippen LogP contribution in [0.3, 0.4) is 0 Å². The molecule has 0 bridgehead atoms. The first-order valence-electron chi connectivity index (χ1n) is 8.20. The van der Waals surface area contributed by atoms with Gasteiger partial charge < -0.3 is 10.6 Å². The van der Waals surface area contributed by atoms with E-state index in [9.17, 15) is 13.2 Å². The maximum absolute atomic E-state index is 14.0. The van der Waals surface area contributed by atoms with Crippen LogP contribution in [0.15, 0.2) is 42.7 Å². The molecule has 27 heavy (non-hydrogen) atoms. The van der Waals surface area contributed by atoms with Crippen molar-refractivity contribution < 1.29 is 13.2 Å². The maximum atomic E-state index is 14.0. The Balaban J connectivity index is 2.05. The fourth-order valence-corrected chi connectivity index (χ4v) is 2.35. The van der Waals surface area contributed by atoms with Gasteiger partial charge in [0.1, 0.15) is 17.3 Å². The zero-order valence-corrected chi connectivity index (χ0v) is 15.0. The molecule has 0 unspecified atom stereocenters. The van der Waals surface area contributed by atoms with Crippen LogP contribution in [0.4, 0.5) is 30.6 Å². The van der Waals surface area contributed by atoms with Crippen LogP contribution < -0.4 is 10.6 Å². The number of halogens is 3. The fourth-order valence-electron chi connectivity index (χ4n) is 2.35. The van der Waals surface area contributed by atoms with Crippen LogP contribution in [0, 0.1) is 17.5 Å². The highest BCUT2D eigenvalue weighted by Crippen LogP contribution is 2.27. The summed E-state index contributed by atoms with van der Waals surface area (Å²) in [6, 6.07) is 6.29. The average Bonchev–Trinajstić information content (AvgIpc) is 2.57. The van der Waals surface area contributed by atoms with Gasteiger partial charge in [0.2, 0.25) is 5.95 Å². The van der Waals surface area contributed by atoms with Gasteiger partial charge >= 0.3 is 0 Å². The minimum absolute atomic E-state index is 0.153. The molecule has 140 valence electrons. The molecule has 8 heteroatoms. The molecule has 2 heterocycles. The van der Waals surface area contributed by atoms with E-state index >= 15 is 0 Å². The molecular weight excluding hydrogens is 355 g/mol. The van der Waals surface area contributed by atoms with Gasteiger partial charge in [0, 0.05) is 41.7 Å². The maximum Gasteiger partial charge on any atom is 0.225 e. The zero-order valence-electron chi connectivity index (χ0n) is 15.0. The van der Waals surface area contributed by atoms with E-state index < -0.39 is 23.1 Å². The van der Waals surface area contributed by atoms with Gasteiger partial charge in [-0.15, -0.1) is 0 Å². The van der Waals surface area contributed by atoms with Gasteiger partial charge in [0.25, 0.3) is 0 Å². The summed E-state index contributed by atoms with van der Waals surface area (Å²) in [6.07, 6.45) is 3.24. The summed E-state index contributed by atoms with van der Waals surface area (Å²) in [5, 5.41) is 5.70. The summed E-state index contributed by atoms with van der Waals surface area (Å²) >= 11 is 0. The molecule has 0 aliphatic heterocycles. The molecule has 2 N–H and O–H groups in total. The van der Waals surface area contributed by atoms with Crippen LogP contribution in [0.5, 0.6) is 0 Å². The van der Waals surface area contributed by atoms with Crippen molar-refractivity contribution >= 4 is 17.5 Å². The lowest BCUT2D eigenvalue weighted by Crippen LogP contribution is -2.27. The van der Waals surface area contributed by atoms with Gasteiger partial charge in [0.05, 0.1) is 5.69 Å². The highest BCUT2D eigenvalue weighted by atomic mass is 19.1. The minimum Gasteiger partial charge on any atom is -0.350 e. The predicted molar refractivity (Wildman–Crippen MR) is 98.2 cm³/mol. The van der Waals surface area contributed by atoms with Crippen LogP contribution in [0.25, 0.3) is 11.3 Å². The van der Waals surface area contributed by atoms with Crippen LogP contribution in [0.2, 0.25) is 0 Å². The molecule has 3 aromatic rings. The molecule has 1 aromatic carbocycles. The highest BCUT2D eigenvalue weighted by Gasteiger charge is 2.16. The van der Waals surface area contributed by atoms with Gasteiger partial charge in [-0.1, -0.05) is 0 Å². The molecule has 3 rings (SSSR count). The van der Waals surface area contributed by atoms with E-state index in [1.165, 1.54) is 6.07 Å². The summed E-state index contributed by atoms with van der Waals surface area (Å²) in [5.41, 5.74) is 0.390. The number of hydrogen-bond donors (Lipinski definition) is 2. The van der Waals surface area contributed by atoms with E-state index in [0.717, 1.165) is 0 Å². The number of rotatable bonds is 4. The van der Waals surface area contributed by atoms with Gasteiger partial charge in [-0.2, -0.15) is 4.98 Å². The zero-order chi connectivity index (χ0) is 19.6. The van der Waals surface area contributed by atoms with Crippen molar-refractivity contribution in [3.63, 3.8) is 0 Å². The molecule has 0 saturated heterocycles. The Kier molecular flexibility index (Phi) is 4.98. The highest BCUT2D eigenvalue weighted by molar-refractivity contribution is 5.67. The third-order valence-corrected chi connectivity index (χ3v) is 3.43. The topological polar surface area (TPSA) is 62.7 Å². The number of anilines is 3. The summed E-state index contributed by atoms with van der Waals surface area (Å²) in [7, 11) is 0. The van der Waals surface area contributed by atoms with E-state index in [1.54, 1.807) is 24.5 Å². The van der Waals surface area contributed by atoms with Crippen molar-refractivity contribution in [2.45, 2.75) is 26.3 Å². The van der Waals surface area contributed by atoms with Gasteiger partial charge in [-0.05, 0) is 32.9 Å². The normalized spacial score (nSPS) is 11.3. The number of benzene rings is 1. The molecular formula is C19H18F3N5. The quantitative estimate of drug-likeness (QED) is 0.680. The molecule has 0 amide bonds. The summed E-state index contributed by atoms with van der Waals surface area (Å²) < 4.78 is 41.1. The van der Waals surface area contributed by atoms with Crippen molar-refractivity contribution in [2.24, 2.45) is 0 Å². The van der Waals surface area contributed by atoms with Gasteiger partial charge in [-0.3, -0.25) is 4.98 Å². The van der Waals surface area contributed by atoms with Crippen molar-refractivity contribution in [3.8, 4) is 11.3 Å². The minimum atomic E-state index is -1.06. The van der Waals surface area contributed by atoms with Crippen molar-refractivity contribution in [1.29, 1.82) is 0 Å². The molecule has 0 aliphatic rings. The molecule has 5 nitrogen and oxygen atoms in total. The molecule has 0 fully saturated rings. The molecule has 0 atom stereocenters. The van der Waals surface area contributed by atoms with E-state index in [-0.39, 0.29) is 17.3 Å². The van der Waals surface area contributed by atoms with Crippen LogP contribution >= 0.6 is 0 Å². The number of nitrogens with zero attached hydrogens (tertiary/aromatic N) is 3. The lowest BCUT2D eigenvalue weighted by Gasteiger charge is -2.21. The predicted octanol–water partition coefficient (Wildman–Crippen LogP) is 4.91. The second-order valence-electron chi connectivity index (χ2n) is 6.95. The average molecular weight is 373 g/mol. The van der Waals surface area contributed by atoms with Crippen molar-refractivity contribution in [3.05, 3.63) is 60.2 Å². The Labute approximate surface area is 154 Å². The summed E-state index contributed by atoms with van der Waals surface area (Å²) in [6.45, 7) is 5.79. The fraction of sp³-hybridized carbons (Fsp3) is 0.211. The molecule has 2 aromatic heterocycles. The Bertz CT molecular complexity index is 932. The van der Waals surface area contributed by atoms with E-state index in [4.69, 9.17) is 0 Å². The standard InChI is InChI=1S/C19H18F3N5/c1-19(2,3)27-18-24-15(11-5-4-6-23-10-11)9-16(26-18)25-17-13(21)7-12(20)8-14(17)22/h4-10H,1-3H3,(H2,24,25,26,27). The lowest BCUT2D eigenvalue weighted by molar-refractivity contribution is 0.548. The van der Waals surface area contributed by atoms with E-state index in [1.807, 2.05) is 20.8 Å². The molecule has 0 saturated carbocycles. The smallest absolute Gasteiger partial charge is 0.225 e. The third-order valence-electron chi connectivity index (χ3n) is 3.43. The van der Waals surface area contributed by atoms with E-state index in [0.29, 0.717) is 23.4 Å². The molecule has 0 spiro atoms. The van der Waals surface area contributed by atoms with Crippen LogP contribution in [-0.2, 0) is 0 Å². The molecule has 0 aliphatic carbocycles. The number of pyridine rings is 1. The largest absolute Gasteiger partial charge is 0.350 e. The second kappa shape index (κ2) is 7.22. The monoisotopic (exact) mass is 373 g/mol. The van der Waals surface area contributed by atoms with Crippen molar-refractivity contribution in [2.75, 3.05) is 10.6 Å². The Morgan fingerprint density at radius 3 is 2.26 bits per heavy atom. The van der Waals surface area contributed by atoms with Crippen molar-refractivity contribution in [1.82, 2.24) is 15.0 Å². The summed E-state index contributed by atoms with van der Waals surface area (Å²) in [4.78, 5) is 12.8. The first kappa shape index (κ1) is 18.6. The van der Waals surface area contributed by atoms with Crippen LogP contribution in [0.1, 0.15) is 20.8 Å². The number of aromatic nitrogens is 3. The van der Waals surface area contributed by atoms with E-state index in [2.05, 4.69) is 25.6 Å².